The highest BCUT2D eigenvalue weighted by atomic mass is 15.2. The van der Waals surface area contributed by atoms with Crippen LogP contribution in [-0.4, -0.2) is 30.1 Å². The molecule has 1 aromatic rings. The number of hydrogen-bond acceptors (Lipinski definition) is 6. The third-order valence-electron chi connectivity index (χ3n) is 1.99. The van der Waals surface area contributed by atoms with Gasteiger partial charge in [-0.05, 0) is 6.92 Å². The largest absolute Gasteiger partial charge is 0.357 e. The van der Waals surface area contributed by atoms with Gasteiger partial charge in [0.25, 0.3) is 0 Å². The molecule has 82 valence electrons. The summed E-state index contributed by atoms with van der Waals surface area (Å²) < 4.78 is 0. The van der Waals surface area contributed by atoms with E-state index in [2.05, 4.69) is 15.3 Å². The second-order valence-electron chi connectivity index (χ2n) is 3.12. The molecule has 0 atom stereocenters. The topological polar surface area (TPSA) is 88.6 Å². The summed E-state index contributed by atoms with van der Waals surface area (Å²) in [6.45, 7) is 2.11. The van der Waals surface area contributed by atoms with Crippen molar-refractivity contribution >= 4 is 11.8 Å². The van der Waals surface area contributed by atoms with Crippen LogP contribution in [0, 0.1) is 29.6 Å². The van der Waals surface area contributed by atoms with Crippen LogP contribution in [0.5, 0.6) is 0 Å². The van der Waals surface area contributed by atoms with E-state index in [0.29, 0.717) is 11.8 Å². The fourth-order valence-electron chi connectivity index (χ4n) is 1.25. The lowest BCUT2D eigenvalue weighted by atomic mass is 10.3. The van der Waals surface area contributed by atoms with Crippen LogP contribution in [0.25, 0.3) is 0 Å². The van der Waals surface area contributed by atoms with E-state index in [9.17, 15) is 0 Å². The summed E-state index contributed by atoms with van der Waals surface area (Å²) in [5.41, 5.74) is 0.838. The maximum absolute atomic E-state index is 8.68. The van der Waals surface area contributed by atoms with Crippen LogP contribution in [0.2, 0.25) is 0 Å². The van der Waals surface area contributed by atoms with Crippen LogP contribution < -0.4 is 10.2 Å². The van der Waals surface area contributed by atoms with Gasteiger partial charge in [-0.3, -0.25) is 0 Å². The minimum Gasteiger partial charge on any atom is -0.357 e. The van der Waals surface area contributed by atoms with Crippen LogP contribution in [0.3, 0.4) is 0 Å². The monoisotopic (exact) mass is 216 g/mol. The summed E-state index contributed by atoms with van der Waals surface area (Å²) in [6, 6.07) is 4.02. The Morgan fingerprint density at radius 3 is 2.50 bits per heavy atom. The molecule has 0 saturated heterocycles. The molecule has 0 bridgehead atoms. The zero-order valence-electron chi connectivity index (χ0n) is 9.23. The number of nitrogens with zero attached hydrogens (tertiary/aromatic N) is 5. The van der Waals surface area contributed by atoms with Gasteiger partial charge in [-0.25, -0.2) is 4.98 Å². The zero-order chi connectivity index (χ0) is 12.0. The third-order valence-corrected chi connectivity index (χ3v) is 1.99. The molecule has 0 aromatic carbocycles. The normalized spacial score (nSPS) is 9.00. The maximum atomic E-state index is 8.68. The van der Waals surface area contributed by atoms with Crippen LogP contribution >= 0.6 is 0 Å². The predicted molar refractivity (Wildman–Crippen MR) is 59.8 cm³/mol. The molecular formula is C10H12N6. The van der Waals surface area contributed by atoms with Crippen molar-refractivity contribution in [2.24, 2.45) is 0 Å². The van der Waals surface area contributed by atoms with Gasteiger partial charge in [0.15, 0.2) is 0 Å². The third kappa shape index (κ3) is 2.58. The van der Waals surface area contributed by atoms with Crippen molar-refractivity contribution in [2.45, 2.75) is 6.92 Å². The first-order valence-corrected chi connectivity index (χ1v) is 4.73. The summed E-state index contributed by atoms with van der Waals surface area (Å²) in [4.78, 5) is 9.88. The Balaban J connectivity index is 3.08. The van der Waals surface area contributed by atoms with Gasteiger partial charge < -0.3 is 10.2 Å². The van der Waals surface area contributed by atoms with Crippen molar-refractivity contribution in [2.75, 3.05) is 30.4 Å². The number of hydrogen-bond donors (Lipinski definition) is 1. The summed E-state index contributed by atoms with van der Waals surface area (Å²) in [7, 11) is 1.72. The SMILES string of the molecule is CNc1ncc(C)c(N(CC#N)CC#N)n1. The molecule has 0 spiro atoms. The van der Waals surface area contributed by atoms with E-state index in [1.165, 1.54) is 0 Å². The molecule has 1 rings (SSSR count). The number of rotatable bonds is 4. The quantitative estimate of drug-likeness (QED) is 0.744. The highest BCUT2D eigenvalue weighted by Crippen LogP contribution is 2.17. The first kappa shape index (κ1) is 11.7. The Morgan fingerprint density at radius 2 is 2.00 bits per heavy atom. The number of nitriles is 2. The van der Waals surface area contributed by atoms with Crippen LogP contribution in [0.4, 0.5) is 11.8 Å². The molecule has 0 saturated carbocycles. The average molecular weight is 216 g/mol. The molecule has 0 fully saturated rings. The highest BCUT2D eigenvalue weighted by molar-refractivity contribution is 5.50. The van der Waals surface area contributed by atoms with Gasteiger partial charge in [0.1, 0.15) is 18.9 Å². The number of aryl methyl sites for hydroxylation is 1. The Labute approximate surface area is 94.2 Å². The first-order valence-electron chi connectivity index (χ1n) is 4.73. The molecule has 1 heterocycles. The van der Waals surface area contributed by atoms with Crippen molar-refractivity contribution in [1.29, 1.82) is 10.5 Å². The van der Waals surface area contributed by atoms with E-state index < -0.39 is 0 Å². The molecule has 0 amide bonds. The molecule has 1 aromatic heterocycles. The van der Waals surface area contributed by atoms with E-state index in [1.54, 1.807) is 18.1 Å². The fourth-order valence-corrected chi connectivity index (χ4v) is 1.25. The number of aromatic nitrogens is 2. The second kappa shape index (κ2) is 5.52. The van der Waals surface area contributed by atoms with Gasteiger partial charge in [-0.1, -0.05) is 0 Å². The molecule has 0 aliphatic heterocycles. The number of anilines is 2. The fraction of sp³-hybridized carbons (Fsp3) is 0.400. The molecule has 0 aliphatic carbocycles. The molecule has 0 unspecified atom stereocenters. The first-order chi connectivity index (χ1) is 7.72. The van der Waals surface area contributed by atoms with Crippen LogP contribution in [0.15, 0.2) is 6.20 Å². The molecule has 0 aliphatic rings. The van der Waals surface area contributed by atoms with Gasteiger partial charge in [-0.2, -0.15) is 15.5 Å². The molecule has 0 radical (unpaired) electrons. The van der Waals surface area contributed by atoms with E-state index >= 15 is 0 Å². The highest BCUT2D eigenvalue weighted by Gasteiger charge is 2.11. The van der Waals surface area contributed by atoms with Crippen molar-refractivity contribution in [3.8, 4) is 12.1 Å². The van der Waals surface area contributed by atoms with Crippen molar-refractivity contribution in [3.05, 3.63) is 11.8 Å². The van der Waals surface area contributed by atoms with Crippen molar-refractivity contribution in [1.82, 2.24) is 9.97 Å². The Bertz CT molecular complexity index is 426. The van der Waals surface area contributed by atoms with Crippen molar-refractivity contribution in [3.63, 3.8) is 0 Å². The Morgan fingerprint density at radius 1 is 1.38 bits per heavy atom. The molecule has 6 heteroatoms. The summed E-state index contributed by atoms with van der Waals surface area (Å²) >= 11 is 0. The molecule has 6 nitrogen and oxygen atoms in total. The van der Waals surface area contributed by atoms with Gasteiger partial charge in [0, 0.05) is 18.8 Å². The van der Waals surface area contributed by atoms with Gasteiger partial charge >= 0.3 is 0 Å². The summed E-state index contributed by atoms with van der Waals surface area (Å²) in [5.74, 6) is 1.09. The predicted octanol–water partition coefficient (Wildman–Crippen LogP) is 0.680. The average Bonchev–Trinajstić information content (AvgIpc) is 2.29. The smallest absolute Gasteiger partial charge is 0.224 e. The van der Waals surface area contributed by atoms with Gasteiger partial charge in [-0.15, -0.1) is 0 Å². The molecular weight excluding hydrogens is 204 g/mol. The molecule has 16 heavy (non-hydrogen) atoms. The van der Waals surface area contributed by atoms with E-state index in [-0.39, 0.29) is 13.1 Å². The van der Waals surface area contributed by atoms with Gasteiger partial charge in [0.2, 0.25) is 5.95 Å². The van der Waals surface area contributed by atoms with Crippen LogP contribution in [-0.2, 0) is 0 Å². The Kier molecular flexibility index (Phi) is 4.05. The lowest BCUT2D eigenvalue weighted by molar-refractivity contribution is 0.916. The lowest BCUT2D eigenvalue weighted by Gasteiger charge is -2.19. The second-order valence-corrected chi connectivity index (χ2v) is 3.12. The zero-order valence-corrected chi connectivity index (χ0v) is 9.23. The van der Waals surface area contributed by atoms with E-state index in [1.807, 2.05) is 19.1 Å². The standard InChI is InChI=1S/C10H12N6/c1-8-7-14-10(13-2)15-9(8)16(5-3-11)6-4-12/h7H,5-6H2,1-2H3,(H,13,14,15). The minimum absolute atomic E-state index is 0.133. The maximum Gasteiger partial charge on any atom is 0.224 e. The van der Waals surface area contributed by atoms with E-state index in [0.717, 1.165) is 5.56 Å². The number of nitrogens with one attached hydrogen (secondary N) is 1. The Hall–Kier alpha value is -2.34. The van der Waals surface area contributed by atoms with E-state index in [4.69, 9.17) is 10.5 Å². The molecule has 1 N–H and O–H groups in total. The lowest BCUT2D eigenvalue weighted by Crippen LogP contribution is -2.26. The van der Waals surface area contributed by atoms with Crippen molar-refractivity contribution < 1.29 is 0 Å². The van der Waals surface area contributed by atoms with Crippen LogP contribution in [0.1, 0.15) is 5.56 Å². The minimum atomic E-state index is 0.133. The summed E-state index contributed by atoms with van der Waals surface area (Å²) in [6.07, 6.45) is 1.66. The van der Waals surface area contributed by atoms with Gasteiger partial charge in [0.05, 0.1) is 12.1 Å². The summed E-state index contributed by atoms with van der Waals surface area (Å²) in [5, 5.41) is 20.2.